The van der Waals surface area contributed by atoms with Crippen molar-refractivity contribution in [3.63, 3.8) is 0 Å². The molecule has 0 bridgehead atoms. The maximum atomic E-state index is 13.5. The Morgan fingerprint density at radius 2 is 1.73 bits per heavy atom. The van der Waals surface area contributed by atoms with Crippen LogP contribution < -0.4 is 21.3 Å². The van der Waals surface area contributed by atoms with Crippen LogP contribution in [0.15, 0.2) is 76.3 Å². The summed E-state index contributed by atoms with van der Waals surface area (Å²) in [6, 6.07) is 16.0. The van der Waals surface area contributed by atoms with E-state index >= 15 is 0 Å². The third-order valence-corrected chi connectivity index (χ3v) is 5.75. The average Bonchev–Trinajstić information content (AvgIpc) is 2.86. The molecule has 1 N–H and O–H groups in total. The fraction of sp³-hybridized carbons (Fsp3) is 0.222. The summed E-state index contributed by atoms with van der Waals surface area (Å²) in [5.41, 5.74) is -0.443. The lowest BCUT2D eigenvalue weighted by Crippen LogP contribution is -2.41. The number of alkyl halides is 3. The lowest BCUT2D eigenvalue weighted by Gasteiger charge is -2.15. The van der Waals surface area contributed by atoms with E-state index in [0.29, 0.717) is 18.0 Å². The number of nitrogens with one attached hydrogen (secondary N) is 1. The number of carbonyl (C=O) groups excluding carboxylic acids is 1. The molecule has 0 spiro atoms. The van der Waals surface area contributed by atoms with Crippen molar-refractivity contribution < 1.29 is 22.7 Å². The van der Waals surface area contributed by atoms with Gasteiger partial charge in [-0.1, -0.05) is 23.8 Å². The minimum Gasteiger partial charge on any atom is -0.494 e. The molecule has 0 aliphatic heterocycles. The molecule has 0 atom stereocenters. The van der Waals surface area contributed by atoms with E-state index in [1.165, 1.54) is 16.7 Å². The van der Waals surface area contributed by atoms with Crippen molar-refractivity contribution in [2.45, 2.75) is 33.1 Å². The van der Waals surface area contributed by atoms with Gasteiger partial charge in [-0.15, -0.1) is 0 Å². The number of benzene rings is 3. The van der Waals surface area contributed by atoms with Crippen molar-refractivity contribution in [2.75, 3.05) is 6.61 Å². The summed E-state index contributed by atoms with van der Waals surface area (Å²) in [5, 5.41) is 2.80. The van der Waals surface area contributed by atoms with E-state index in [2.05, 4.69) is 5.32 Å². The fourth-order valence-corrected chi connectivity index (χ4v) is 3.98. The number of hydrogen-bond donors (Lipinski definition) is 1. The Labute approximate surface area is 209 Å². The molecule has 192 valence electrons. The van der Waals surface area contributed by atoms with E-state index in [9.17, 15) is 27.6 Å². The van der Waals surface area contributed by atoms with Crippen LogP contribution in [-0.2, 0) is 24.1 Å². The highest BCUT2D eigenvalue weighted by molar-refractivity contribution is 5.82. The van der Waals surface area contributed by atoms with Crippen molar-refractivity contribution in [3.05, 3.63) is 104 Å². The van der Waals surface area contributed by atoms with Crippen molar-refractivity contribution >= 4 is 16.8 Å². The van der Waals surface area contributed by atoms with Crippen molar-refractivity contribution in [1.29, 1.82) is 0 Å². The van der Waals surface area contributed by atoms with Gasteiger partial charge in [-0.25, -0.2) is 9.36 Å². The zero-order valence-electron chi connectivity index (χ0n) is 20.1. The molecule has 0 saturated carbocycles. The lowest BCUT2D eigenvalue weighted by molar-refractivity contribution is -0.137. The van der Waals surface area contributed by atoms with E-state index in [4.69, 9.17) is 4.74 Å². The van der Waals surface area contributed by atoms with Gasteiger partial charge in [0.15, 0.2) is 0 Å². The molecule has 0 aliphatic rings. The van der Waals surface area contributed by atoms with Crippen LogP contribution in [0.2, 0.25) is 0 Å². The number of amides is 1. The highest BCUT2D eigenvalue weighted by Crippen LogP contribution is 2.29. The number of hydrogen-bond acceptors (Lipinski definition) is 4. The topological polar surface area (TPSA) is 82.3 Å². The first kappa shape index (κ1) is 25.7. The summed E-state index contributed by atoms with van der Waals surface area (Å²) in [7, 11) is 0. The normalized spacial score (nSPS) is 11.5. The van der Waals surface area contributed by atoms with Crippen LogP contribution >= 0.6 is 0 Å². The fourth-order valence-electron chi connectivity index (χ4n) is 3.98. The molecule has 1 heterocycles. The highest BCUT2D eigenvalue weighted by Gasteiger charge is 2.30. The molecule has 4 rings (SSSR count). The summed E-state index contributed by atoms with van der Waals surface area (Å²) in [6.45, 7) is 3.50. The third kappa shape index (κ3) is 5.58. The van der Waals surface area contributed by atoms with E-state index in [1.807, 2.05) is 6.92 Å². The minimum atomic E-state index is -4.50. The van der Waals surface area contributed by atoms with Gasteiger partial charge < -0.3 is 10.1 Å². The Bertz CT molecular complexity index is 1570. The number of rotatable bonds is 7. The predicted octanol–water partition coefficient (Wildman–Crippen LogP) is 4.19. The Hall–Kier alpha value is -4.34. The molecule has 10 heteroatoms. The number of aromatic nitrogens is 2. The van der Waals surface area contributed by atoms with E-state index in [0.717, 1.165) is 22.3 Å². The highest BCUT2D eigenvalue weighted by atomic mass is 19.4. The number of carbonyl (C=O) groups is 1. The molecule has 7 nitrogen and oxygen atoms in total. The van der Waals surface area contributed by atoms with Gasteiger partial charge in [0.2, 0.25) is 5.91 Å². The largest absolute Gasteiger partial charge is 0.494 e. The molecule has 0 unspecified atom stereocenters. The van der Waals surface area contributed by atoms with Crippen molar-refractivity contribution in [2.24, 2.45) is 0 Å². The van der Waals surface area contributed by atoms with E-state index in [-0.39, 0.29) is 23.0 Å². The van der Waals surface area contributed by atoms with Crippen molar-refractivity contribution in [3.8, 4) is 11.4 Å². The predicted molar refractivity (Wildman–Crippen MR) is 133 cm³/mol. The molecule has 0 saturated heterocycles. The minimum absolute atomic E-state index is 0.160. The van der Waals surface area contributed by atoms with Crippen LogP contribution in [0.25, 0.3) is 16.6 Å². The first-order valence-corrected chi connectivity index (χ1v) is 11.5. The molecule has 1 amide bonds. The maximum absolute atomic E-state index is 13.5. The van der Waals surface area contributed by atoms with Gasteiger partial charge in [0.25, 0.3) is 5.56 Å². The smallest absolute Gasteiger partial charge is 0.416 e. The molecule has 4 aromatic rings. The Morgan fingerprint density at radius 1 is 1.00 bits per heavy atom. The molecule has 3 aromatic carbocycles. The molecule has 0 radical (unpaired) electrons. The zero-order valence-corrected chi connectivity index (χ0v) is 20.1. The summed E-state index contributed by atoms with van der Waals surface area (Å²) in [5.74, 6) is -0.0245. The van der Waals surface area contributed by atoms with Crippen LogP contribution in [0.3, 0.4) is 0 Å². The van der Waals surface area contributed by atoms with Gasteiger partial charge in [0, 0.05) is 6.54 Å². The second-order valence-electron chi connectivity index (χ2n) is 8.43. The third-order valence-electron chi connectivity index (χ3n) is 5.75. The van der Waals surface area contributed by atoms with Crippen LogP contribution in [0.1, 0.15) is 23.6 Å². The van der Waals surface area contributed by atoms with Gasteiger partial charge in [-0.2, -0.15) is 13.2 Å². The van der Waals surface area contributed by atoms with Crippen LogP contribution in [-0.4, -0.2) is 21.6 Å². The van der Waals surface area contributed by atoms with Crippen LogP contribution in [0.5, 0.6) is 5.75 Å². The van der Waals surface area contributed by atoms with Crippen LogP contribution in [0, 0.1) is 6.92 Å². The molecular weight excluding hydrogens is 487 g/mol. The zero-order chi connectivity index (χ0) is 26.7. The molecule has 37 heavy (non-hydrogen) atoms. The van der Waals surface area contributed by atoms with Crippen molar-refractivity contribution in [1.82, 2.24) is 14.5 Å². The number of nitrogens with zero attached hydrogens (tertiary/aromatic N) is 2. The van der Waals surface area contributed by atoms with Gasteiger partial charge in [-0.3, -0.25) is 14.2 Å². The van der Waals surface area contributed by atoms with Gasteiger partial charge in [0.05, 0.1) is 28.8 Å². The molecular formula is C27H24F3N3O4. The van der Waals surface area contributed by atoms with Gasteiger partial charge in [0.1, 0.15) is 12.3 Å². The number of fused-ring (bicyclic) bond motifs is 1. The Kier molecular flexibility index (Phi) is 7.19. The van der Waals surface area contributed by atoms with E-state index < -0.39 is 35.4 Å². The van der Waals surface area contributed by atoms with Gasteiger partial charge in [-0.05, 0) is 67.9 Å². The van der Waals surface area contributed by atoms with Gasteiger partial charge >= 0.3 is 11.9 Å². The molecule has 0 fully saturated rings. The average molecular weight is 512 g/mol. The number of aryl methyl sites for hydroxylation is 1. The summed E-state index contributed by atoms with van der Waals surface area (Å²) >= 11 is 0. The first-order valence-electron chi connectivity index (χ1n) is 11.5. The second-order valence-corrected chi connectivity index (χ2v) is 8.43. The second kappa shape index (κ2) is 10.3. The molecule has 0 aliphatic carbocycles. The molecule has 1 aromatic heterocycles. The Balaban J connectivity index is 1.69. The number of ether oxygens (including phenoxy) is 1. The first-order chi connectivity index (χ1) is 17.6. The summed E-state index contributed by atoms with van der Waals surface area (Å²) in [4.78, 5) is 39.5. The lowest BCUT2D eigenvalue weighted by atomic mass is 10.1. The Morgan fingerprint density at radius 3 is 2.41 bits per heavy atom. The summed E-state index contributed by atoms with van der Waals surface area (Å²) < 4.78 is 46.5. The quantitative estimate of drug-likeness (QED) is 0.403. The van der Waals surface area contributed by atoms with Crippen LogP contribution in [0.4, 0.5) is 13.2 Å². The van der Waals surface area contributed by atoms with E-state index in [1.54, 1.807) is 49.4 Å². The maximum Gasteiger partial charge on any atom is 0.416 e. The SMILES string of the molecule is CCOc1ccc(-n2c(=O)c3cc(C)ccc3n(CC(=O)NCc3cccc(C(F)(F)F)c3)c2=O)cc1. The standard InChI is InChI=1S/C27H24F3N3O4/c1-3-37-21-10-8-20(9-11-21)33-25(35)22-13-17(2)7-12-23(22)32(26(33)36)16-24(34)31-15-18-5-4-6-19(14-18)27(28,29)30/h4-14H,3,15-16H2,1-2H3,(H,31,34). The monoisotopic (exact) mass is 511 g/mol. The summed E-state index contributed by atoms with van der Waals surface area (Å²) in [6.07, 6.45) is -4.50. The number of halogens is 3.